The van der Waals surface area contributed by atoms with Gasteiger partial charge in [-0.3, -0.25) is 4.79 Å². The van der Waals surface area contributed by atoms with Crippen molar-refractivity contribution in [2.45, 2.75) is 57.9 Å². The number of anilines is 1. The van der Waals surface area contributed by atoms with Crippen LogP contribution in [0.4, 0.5) is 5.69 Å². The standard InChI is InChI=1S/C25H34N2O5.ClH/c1-2-30-13-6-14-31-25(29)22-16-18-15-19(9-10-21(18)32-22)27-24(28)23-20(11-12-26-23)17-7-4-3-5-8-17;/h9-10,15-17,20,23,26H,2-8,11-14H2,1H3,(H,27,28);1H/t20-,23-;/m0./s1. The zero-order valence-electron chi connectivity index (χ0n) is 19.3. The first-order valence-corrected chi connectivity index (χ1v) is 12.0. The van der Waals surface area contributed by atoms with Gasteiger partial charge in [-0.25, -0.2) is 4.79 Å². The molecule has 2 N–H and O–H groups in total. The highest BCUT2D eigenvalue weighted by Crippen LogP contribution is 2.36. The second-order valence-corrected chi connectivity index (χ2v) is 8.82. The Labute approximate surface area is 201 Å². The van der Waals surface area contributed by atoms with Gasteiger partial charge in [0.25, 0.3) is 0 Å². The van der Waals surface area contributed by atoms with Crippen LogP contribution < -0.4 is 10.6 Å². The minimum Gasteiger partial charge on any atom is -0.460 e. The maximum absolute atomic E-state index is 13.0. The number of hydrogen-bond donors (Lipinski definition) is 2. The van der Waals surface area contributed by atoms with Gasteiger partial charge in [0.2, 0.25) is 11.7 Å². The fraction of sp³-hybridized carbons (Fsp3) is 0.600. The van der Waals surface area contributed by atoms with E-state index in [9.17, 15) is 9.59 Å². The quantitative estimate of drug-likeness (QED) is 0.392. The number of furan rings is 1. The summed E-state index contributed by atoms with van der Waals surface area (Å²) in [5, 5.41) is 7.23. The first kappa shape index (κ1) is 25.5. The van der Waals surface area contributed by atoms with E-state index in [-0.39, 0.29) is 36.7 Å². The van der Waals surface area contributed by atoms with Crippen molar-refractivity contribution in [3.8, 4) is 0 Å². The van der Waals surface area contributed by atoms with Crippen LogP contribution in [0, 0.1) is 11.8 Å². The molecule has 1 aromatic carbocycles. The average molecular weight is 479 g/mol. The summed E-state index contributed by atoms with van der Waals surface area (Å²) in [6.45, 7) is 4.32. The lowest BCUT2D eigenvalue weighted by Gasteiger charge is -2.30. The lowest BCUT2D eigenvalue weighted by atomic mass is 9.76. The monoisotopic (exact) mass is 478 g/mol. The van der Waals surface area contributed by atoms with Gasteiger partial charge < -0.3 is 24.5 Å². The van der Waals surface area contributed by atoms with Gasteiger partial charge in [0.15, 0.2) is 0 Å². The molecule has 4 rings (SSSR count). The van der Waals surface area contributed by atoms with Crippen LogP contribution in [0.2, 0.25) is 0 Å². The van der Waals surface area contributed by atoms with Crippen molar-refractivity contribution < 1.29 is 23.5 Å². The number of nitrogens with one attached hydrogen (secondary N) is 2. The Morgan fingerprint density at radius 3 is 2.73 bits per heavy atom. The number of esters is 1. The molecule has 2 heterocycles. The SMILES string of the molecule is CCOCCCOC(=O)c1cc2cc(NC(=O)[C@H]3NCC[C@H]3C3CCCCC3)ccc2o1.Cl. The van der Waals surface area contributed by atoms with Gasteiger partial charge in [-0.05, 0) is 56.0 Å². The minimum absolute atomic E-state index is 0. The summed E-state index contributed by atoms with van der Waals surface area (Å²) in [7, 11) is 0. The summed E-state index contributed by atoms with van der Waals surface area (Å²) in [6, 6.07) is 6.95. The first-order chi connectivity index (χ1) is 15.7. The molecule has 0 bridgehead atoms. The van der Waals surface area contributed by atoms with Gasteiger partial charge in [0, 0.05) is 30.7 Å². The molecule has 2 aliphatic rings. The number of hydrogen-bond acceptors (Lipinski definition) is 6. The predicted molar refractivity (Wildman–Crippen MR) is 130 cm³/mol. The molecule has 0 radical (unpaired) electrons. The molecule has 1 amide bonds. The van der Waals surface area contributed by atoms with Crippen LogP contribution in [-0.2, 0) is 14.3 Å². The van der Waals surface area contributed by atoms with Crippen molar-refractivity contribution in [3.05, 3.63) is 30.0 Å². The van der Waals surface area contributed by atoms with E-state index in [1.807, 2.05) is 19.1 Å². The van der Waals surface area contributed by atoms with Crippen molar-refractivity contribution in [1.29, 1.82) is 0 Å². The Balaban J connectivity index is 0.00000306. The van der Waals surface area contributed by atoms with Gasteiger partial charge in [-0.15, -0.1) is 12.4 Å². The van der Waals surface area contributed by atoms with E-state index < -0.39 is 5.97 Å². The van der Waals surface area contributed by atoms with Crippen molar-refractivity contribution in [1.82, 2.24) is 5.32 Å². The van der Waals surface area contributed by atoms with E-state index in [1.54, 1.807) is 12.1 Å². The van der Waals surface area contributed by atoms with Gasteiger partial charge >= 0.3 is 5.97 Å². The predicted octanol–water partition coefficient (Wildman–Crippen LogP) is 4.93. The maximum Gasteiger partial charge on any atom is 0.374 e. The highest BCUT2D eigenvalue weighted by molar-refractivity contribution is 5.98. The molecule has 8 heteroatoms. The molecule has 1 saturated heterocycles. The zero-order chi connectivity index (χ0) is 22.3. The zero-order valence-corrected chi connectivity index (χ0v) is 20.1. The molecule has 0 spiro atoms. The molecule has 2 aromatic rings. The van der Waals surface area contributed by atoms with Crippen LogP contribution >= 0.6 is 12.4 Å². The van der Waals surface area contributed by atoms with Crippen molar-refractivity contribution in [2.24, 2.45) is 11.8 Å². The molecule has 1 saturated carbocycles. The molecule has 182 valence electrons. The summed E-state index contributed by atoms with van der Waals surface area (Å²) in [5.41, 5.74) is 1.29. The van der Waals surface area contributed by atoms with Crippen molar-refractivity contribution in [2.75, 3.05) is 31.7 Å². The molecule has 1 aromatic heterocycles. The highest BCUT2D eigenvalue weighted by atomic mass is 35.5. The van der Waals surface area contributed by atoms with Gasteiger partial charge in [-0.1, -0.05) is 32.1 Å². The van der Waals surface area contributed by atoms with Crippen molar-refractivity contribution in [3.63, 3.8) is 0 Å². The topological polar surface area (TPSA) is 89.8 Å². The van der Waals surface area contributed by atoms with Gasteiger partial charge in [0.1, 0.15) is 5.58 Å². The summed E-state index contributed by atoms with van der Waals surface area (Å²) in [4.78, 5) is 25.3. The third-order valence-corrected chi connectivity index (χ3v) is 6.66. The number of ether oxygens (including phenoxy) is 2. The van der Waals surface area contributed by atoms with E-state index in [4.69, 9.17) is 13.9 Å². The Morgan fingerprint density at radius 1 is 1.12 bits per heavy atom. The number of fused-ring (bicyclic) bond motifs is 1. The number of halogens is 1. The Kier molecular flexibility index (Phi) is 9.59. The van der Waals surface area contributed by atoms with E-state index in [2.05, 4.69) is 10.6 Å². The number of benzene rings is 1. The molecule has 1 aliphatic heterocycles. The second-order valence-electron chi connectivity index (χ2n) is 8.82. The van der Waals surface area contributed by atoms with E-state index in [0.717, 1.165) is 18.4 Å². The van der Waals surface area contributed by atoms with E-state index >= 15 is 0 Å². The molecule has 2 atom stereocenters. The number of carbonyl (C=O) groups is 2. The lowest BCUT2D eigenvalue weighted by molar-refractivity contribution is -0.119. The summed E-state index contributed by atoms with van der Waals surface area (Å²) in [6.07, 6.45) is 8.07. The number of rotatable bonds is 9. The largest absolute Gasteiger partial charge is 0.460 e. The smallest absolute Gasteiger partial charge is 0.374 e. The second kappa shape index (κ2) is 12.4. The van der Waals surface area contributed by atoms with Crippen LogP contribution in [0.15, 0.2) is 28.7 Å². The number of amides is 1. The van der Waals surface area contributed by atoms with Crippen LogP contribution in [0.1, 0.15) is 62.4 Å². The molecular formula is C25H35ClN2O5. The van der Waals surface area contributed by atoms with Gasteiger partial charge in [0.05, 0.1) is 12.6 Å². The fourth-order valence-electron chi connectivity index (χ4n) is 5.06. The van der Waals surface area contributed by atoms with E-state index in [1.165, 1.54) is 32.1 Å². The minimum atomic E-state index is -0.492. The Morgan fingerprint density at radius 2 is 1.94 bits per heavy atom. The lowest BCUT2D eigenvalue weighted by Crippen LogP contribution is -2.42. The van der Waals surface area contributed by atoms with E-state index in [0.29, 0.717) is 42.7 Å². The fourth-order valence-corrected chi connectivity index (χ4v) is 5.06. The molecule has 2 fully saturated rings. The Bertz CT molecular complexity index is 925. The normalized spacial score (nSPS) is 21.0. The van der Waals surface area contributed by atoms with Crippen LogP contribution in [-0.4, -0.2) is 44.3 Å². The molecule has 0 unspecified atom stereocenters. The average Bonchev–Trinajstić information content (AvgIpc) is 3.46. The Hall–Kier alpha value is -2.09. The van der Waals surface area contributed by atoms with Crippen molar-refractivity contribution >= 4 is 40.9 Å². The molecule has 33 heavy (non-hydrogen) atoms. The number of carbonyl (C=O) groups excluding carboxylic acids is 2. The third-order valence-electron chi connectivity index (χ3n) is 6.66. The van der Waals surface area contributed by atoms with Crippen LogP contribution in [0.25, 0.3) is 11.0 Å². The maximum atomic E-state index is 13.0. The van der Waals surface area contributed by atoms with Crippen LogP contribution in [0.3, 0.4) is 0 Å². The first-order valence-electron chi connectivity index (χ1n) is 12.0. The molecule has 1 aliphatic carbocycles. The summed E-state index contributed by atoms with van der Waals surface area (Å²) in [5.74, 6) is 0.753. The third kappa shape index (κ3) is 6.49. The van der Waals surface area contributed by atoms with Crippen LogP contribution in [0.5, 0.6) is 0 Å². The molecular weight excluding hydrogens is 444 g/mol. The summed E-state index contributed by atoms with van der Waals surface area (Å²) < 4.78 is 16.1. The van der Waals surface area contributed by atoms with Gasteiger partial charge in [-0.2, -0.15) is 0 Å². The highest BCUT2D eigenvalue weighted by Gasteiger charge is 2.38. The molecule has 7 nitrogen and oxygen atoms in total. The summed E-state index contributed by atoms with van der Waals surface area (Å²) >= 11 is 0.